The van der Waals surface area contributed by atoms with E-state index in [2.05, 4.69) is 57.4 Å². The van der Waals surface area contributed by atoms with Crippen LogP contribution in [0.2, 0.25) is 0 Å². The zero-order valence-corrected chi connectivity index (χ0v) is 19.7. The quantitative estimate of drug-likeness (QED) is 0.296. The Morgan fingerprint density at radius 3 is 2.03 bits per heavy atom. The van der Waals surface area contributed by atoms with Gasteiger partial charge in [0.1, 0.15) is 11.5 Å². The molecule has 2 aromatic carbocycles. The van der Waals surface area contributed by atoms with Crippen molar-refractivity contribution in [2.24, 2.45) is 0 Å². The summed E-state index contributed by atoms with van der Waals surface area (Å²) in [6.07, 6.45) is 6.74. The molecule has 0 spiro atoms. The van der Waals surface area contributed by atoms with Gasteiger partial charge in [-0.1, -0.05) is 12.1 Å². The normalized spacial score (nSPS) is 10.9. The van der Waals surface area contributed by atoms with Crippen molar-refractivity contribution < 1.29 is 14.0 Å². The van der Waals surface area contributed by atoms with Gasteiger partial charge in [0.15, 0.2) is 12.2 Å². The molecule has 0 fully saturated rings. The fourth-order valence-electron chi connectivity index (χ4n) is 4.09. The first-order valence-corrected chi connectivity index (χ1v) is 11.6. The molecule has 0 aliphatic heterocycles. The Bertz CT molecular complexity index is 1150. The van der Waals surface area contributed by atoms with Gasteiger partial charge in [-0.25, -0.2) is 4.98 Å². The van der Waals surface area contributed by atoms with E-state index >= 15 is 0 Å². The molecule has 2 heterocycles. The van der Waals surface area contributed by atoms with Gasteiger partial charge in [0.05, 0.1) is 19.5 Å². The first-order valence-electron chi connectivity index (χ1n) is 11.6. The zero-order valence-electron chi connectivity index (χ0n) is 19.7. The second-order valence-corrected chi connectivity index (χ2v) is 7.99. The number of pyridine rings is 1. The molecule has 0 aliphatic carbocycles. The van der Waals surface area contributed by atoms with Gasteiger partial charge in [-0.05, 0) is 61.4 Å². The largest absolute Gasteiger partial charge is 0.494 e. The van der Waals surface area contributed by atoms with Crippen molar-refractivity contribution >= 4 is 0 Å². The second kappa shape index (κ2) is 10.8. The molecule has 2 aromatic heterocycles. The summed E-state index contributed by atoms with van der Waals surface area (Å²) in [6.45, 7) is 9.40. The fraction of sp³-hybridized carbons (Fsp3) is 0.286. The molecular formula is C28H32N3O2+. The summed E-state index contributed by atoms with van der Waals surface area (Å²) < 4.78 is 15.8. The molecule has 0 bridgehead atoms. The maximum absolute atomic E-state index is 5.65. The van der Waals surface area contributed by atoms with E-state index in [4.69, 9.17) is 9.47 Å². The minimum atomic E-state index is 0.667. The molecule has 0 N–H and O–H groups in total. The third-order valence-corrected chi connectivity index (χ3v) is 5.69. The van der Waals surface area contributed by atoms with Crippen molar-refractivity contribution in [2.45, 2.75) is 40.3 Å². The highest BCUT2D eigenvalue weighted by molar-refractivity contribution is 5.70. The molecule has 4 rings (SSSR count). The predicted molar refractivity (Wildman–Crippen MR) is 131 cm³/mol. The number of nitrogens with zero attached hydrogens (tertiary/aromatic N) is 3. The van der Waals surface area contributed by atoms with Crippen molar-refractivity contribution in [3.8, 4) is 33.9 Å². The summed E-state index contributed by atoms with van der Waals surface area (Å²) in [5, 5.41) is 0. The highest BCUT2D eigenvalue weighted by Crippen LogP contribution is 2.28. The molecule has 170 valence electrons. The van der Waals surface area contributed by atoms with Crippen LogP contribution in [0.3, 0.4) is 0 Å². The monoisotopic (exact) mass is 442 g/mol. The SMILES string of the molecule is CCOc1ccc(-c2cc(C)[n+](CCCn3ccnc3)c(-c3ccc(OCC)cc3)c2)cc1. The topological polar surface area (TPSA) is 40.2 Å². The number of aromatic nitrogens is 3. The van der Waals surface area contributed by atoms with Crippen LogP contribution < -0.4 is 14.0 Å². The summed E-state index contributed by atoms with van der Waals surface area (Å²) in [5.41, 5.74) is 5.99. The van der Waals surface area contributed by atoms with Gasteiger partial charge < -0.3 is 14.0 Å². The van der Waals surface area contributed by atoms with Crippen LogP contribution in [0.1, 0.15) is 26.0 Å². The first kappa shape index (κ1) is 22.6. The number of hydrogen-bond donors (Lipinski definition) is 0. The second-order valence-electron chi connectivity index (χ2n) is 7.99. The van der Waals surface area contributed by atoms with Crippen molar-refractivity contribution in [2.75, 3.05) is 13.2 Å². The van der Waals surface area contributed by atoms with E-state index in [-0.39, 0.29) is 0 Å². The summed E-state index contributed by atoms with van der Waals surface area (Å²) >= 11 is 0. The molecule has 33 heavy (non-hydrogen) atoms. The average molecular weight is 443 g/mol. The lowest BCUT2D eigenvalue weighted by atomic mass is 10.0. The maximum atomic E-state index is 5.65. The smallest absolute Gasteiger partial charge is 0.213 e. The van der Waals surface area contributed by atoms with Crippen LogP contribution in [-0.4, -0.2) is 22.8 Å². The van der Waals surface area contributed by atoms with E-state index in [0.717, 1.165) is 31.0 Å². The van der Waals surface area contributed by atoms with Gasteiger partial charge in [0.25, 0.3) is 0 Å². The lowest BCUT2D eigenvalue weighted by Gasteiger charge is -2.12. The molecular weight excluding hydrogens is 410 g/mol. The van der Waals surface area contributed by atoms with Gasteiger partial charge in [0.2, 0.25) is 5.69 Å². The van der Waals surface area contributed by atoms with Crippen LogP contribution in [0.25, 0.3) is 22.4 Å². The highest BCUT2D eigenvalue weighted by atomic mass is 16.5. The minimum absolute atomic E-state index is 0.667. The Balaban J connectivity index is 1.68. The highest BCUT2D eigenvalue weighted by Gasteiger charge is 2.19. The molecule has 0 atom stereocenters. The zero-order chi connectivity index (χ0) is 23.0. The van der Waals surface area contributed by atoms with E-state index in [0.29, 0.717) is 13.2 Å². The third kappa shape index (κ3) is 5.61. The number of rotatable bonds is 10. The Kier molecular flexibility index (Phi) is 7.40. The molecule has 0 radical (unpaired) electrons. The van der Waals surface area contributed by atoms with E-state index in [9.17, 15) is 0 Å². The van der Waals surface area contributed by atoms with Crippen LogP contribution in [0, 0.1) is 6.92 Å². The standard InChI is InChI=1S/C28H32N3O2/c1-4-32-26-11-7-23(8-12-26)25-19-22(3)31(17-6-16-30-18-15-29-21-30)28(20-25)24-9-13-27(14-10-24)33-5-2/h7-15,18-21H,4-6,16-17H2,1-3H3/q+1. The molecule has 0 aliphatic rings. The molecule has 0 unspecified atom stereocenters. The van der Waals surface area contributed by atoms with Crippen LogP contribution in [-0.2, 0) is 13.1 Å². The minimum Gasteiger partial charge on any atom is -0.494 e. The molecule has 0 saturated carbocycles. The Morgan fingerprint density at radius 1 is 0.818 bits per heavy atom. The van der Waals surface area contributed by atoms with Crippen molar-refractivity contribution in [1.29, 1.82) is 0 Å². The van der Waals surface area contributed by atoms with Gasteiger partial charge in [-0.3, -0.25) is 0 Å². The maximum Gasteiger partial charge on any atom is 0.213 e. The van der Waals surface area contributed by atoms with Crippen molar-refractivity contribution in [3.63, 3.8) is 0 Å². The molecule has 4 aromatic rings. The lowest BCUT2D eigenvalue weighted by Crippen LogP contribution is -2.40. The number of aryl methyl sites for hydroxylation is 2. The number of imidazole rings is 1. The van der Waals surface area contributed by atoms with E-state index < -0.39 is 0 Å². The lowest BCUT2D eigenvalue weighted by molar-refractivity contribution is -0.692. The van der Waals surface area contributed by atoms with Gasteiger partial charge in [0, 0.05) is 50.0 Å². The Hall–Kier alpha value is -3.60. The first-order chi connectivity index (χ1) is 16.2. The van der Waals surface area contributed by atoms with Crippen molar-refractivity contribution in [3.05, 3.63) is 85.1 Å². The average Bonchev–Trinajstić information content (AvgIpc) is 3.35. The molecule has 0 amide bonds. The third-order valence-electron chi connectivity index (χ3n) is 5.69. The number of hydrogen-bond acceptors (Lipinski definition) is 3. The van der Waals surface area contributed by atoms with Crippen LogP contribution >= 0.6 is 0 Å². The summed E-state index contributed by atoms with van der Waals surface area (Å²) in [7, 11) is 0. The summed E-state index contributed by atoms with van der Waals surface area (Å²) in [6, 6.07) is 21.3. The van der Waals surface area contributed by atoms with Crippen LogP contribution in [0.5, 0.6) is 11.5 Å². The molecule has 5 heteroatoms. The van der Waals surface area contributed by atoms with Gasteiger partial charge >= 0.3 is 0 Å². The number of ether oxygens (including phenoxy) is 2. The van der Waals surface area contributed by atoms with E-state index in [1.807, 2.05) is 56.8 Å². The summed E-state index contributed by atoms with van der Waals surface area (Å²) in [4.78, 5) is 4.15. The van der Waals surface area contributed by atoms with E-state index in [1.54, 1.807) is 0 Å². The van der Waals surface area contributed by atoms with E-state index in [1.165, 1.54) is 28.1 Å². The molecule has 0 saturated heterocycles. The van der Waals surface area contributed by atoms with Crippen LogP contribution in [0.15, 0.2) is 79.4 Å². The van der Waals surface area contributed by atoms with Crippen molar-refractivity contribution in [1.82, 2.24) is 9.55 Å². The molecule has 5 nitrogen and oxygen atoms in total. The van der Waals surface area contributed by atoms with Gasteiger partial charge in [-0.2, -0.15) is 4.57 Å². The Labute approximate surface area is 196 Å². The summed E-state index contributed by atoms with van der Waals surface area (Å²) in [5.74, 6) is 1.79. The Morgan fingerprint density at radius 2 is 1.45 bits per heavy atom. The predicted octanol–water partition coefficient (Wildman–Crippen LogP) is 5.70. The fourth-order valence-corrected chi connectivity index (χ4v) is 4.09. The number of benzene rings is 2. The van der Waals surface area contributed by atoms with Gasteiger partial charge in [-0.15, -0.1) is 0 Å². The van der Waals surface area contributed by atoms with Crippen LogP contribution in [0.4, 0.5) is 0 Å².